The van der Waals surface area contributed by atoms with Crippen molar-refractivity contribution in [2.24, 2.45) is 0 Å². The van der Waals surface area contributed by atoms with Crippen LogP contribution in [0.25, 0.3) is 0 Å². The van der Waals surface area contributed by atoms with Crippen LogP contribution in [-0.4, -0.2) is 41.2 Å². The van der Waals surface area contributed by atoms with Gasteiger partial charge in [0.2, 0.25) is 0 Å². The molecular formula is C36H63F9N2O3S. The zero-order chi connectivity index (χ0) is 38.9. The van der Waals surface area contributed by atoms with Gasteiger partial charge < -0.3 is 4.55 Å². The molecule has 0 aliphatic rings. The van der Waals surface area contributed by atoms with Crippen molar-refractivity contribution in [2.45, 2.75) is 211 Å². The van der Waals surface area contributed by atoms with Gasteiger partial charge in [-0.25, -0.2) is 18.0 Å². The van der Waals surface area contributed by atoms with Crippen molar-refractivity contribution in [1.29, 1.82) is 0 Å². The molecular weight excluding hydrogens is 711 g/mol. The number of halogens is 9. The van der Waals surface area contributed by atoms with E-state index in [1.807, 2.05) is 0 Å². The molecule has 1 heterocycles. The number of aryl methyl sites for hydroxylation is 2. The second-order valence-corrected chi connectivity index (χ2v) is 15.0. The number of nitrogens with one attached hydrogen (secondary N) is 1. The average molecular weight is 775 g/mol. The van der Waals surface area contributed by atoms with Gasteiger partial charge in [-0.05, 0) is 19.3 Å². The number of unbranched alkanes of at least 4 members (excludes halogenated alkanes) is 23. The molecule has 0 radical (unpaired) electrons. The van der Waals surface area contributed by atoms with Crippen molar-refractivity contribution >= 4 is 10.1 Å². The summed E-state index contributed by atoms with van der Waals surface area (Å²) in [7, 11) is -7.42. The first-order valence-electron chi connectivity index (χ1n) is 19.1. The van der Waals surface area contributed by atoms with Crippen LogP contribution in [0.1, 0.15) is 180 Å². The summed E-state index contributed by atoms with van der Waals surface area (Å²) in [6, 6.07) is 0. The summed E-state index contributed by atoms with van der Waals surface area (Å²) in [6.45, 7) is 5.81. The molecule has 0 saturated carbocycles. The van der Waals surface area contributed by atoms with Crippen LogP contribution in [0.4, 0.5) is 39.5 Å². The van der Waals surface area contributed by atoms with Crippen molar-refractivity contribution in [3.8, 4) is 0 Å². The molecule has 0 amide bonds. The third kappa shape index (κ3) is 19.4. The van der Waals surface area contributed by atoms with Gasteiger partial charge in [0.1, 0.15) is 12.4 Å². The van der Waals surface area contributed by atoms with Crippen molar-refractivity contribution in [2.75, 3.05) is 0 Å². The number of alkyl halides is 9. The predicted octanol–water partition coefficient (Wildman–Crippen LogP) is 12.6. The zero-order valence-corrected chi connectivity index (χ0v) is 31.5. The molecule has 0 bridgehead atoms. The summed E-state index contributed by atoms with van der Waals surface area (Å²) < 4.78 is 138. The number of aromatic nitrogens is 2. The SMILES string of the molecule is CCCCCCCCCCCCCCCCCC[n+]1cc[nH]c1CCCCCCCCCCC.O=S(=O)([O-])C(F)(F)C(F)(F)C(F)(F)C(F)(F)F. The van der Waals surface area contributed by atoms with Crippen molar-refractivity contribution in [3.63, 3.8) is 0 Å². The summed E-state index contributed by atoms with van der Waals surface area (Å²) in [5.74, 6) is -13.4. The van der Waals surface area contributed by atoms with Gasteiger partial charge in [-0.3, -0.25) is 0 Å². The molecule has 0 fully saturated rings. The van der Waals surface area contributed by atoms with Crippen LogP contribution < -0.4 is 4.57 Å². The highest BCUT2D eigenvalue weighted by Gasteiger charge is 2.83. The van der Waals surface area contributed by atoms with Gasteiger partial charge in [0.15, 0.2) is 10.1 Å². The van der Waals surface area contributed by atoms with Crippen molar-refractivity contribution in [3.05, 3.63) is 18.2 Å². The fraction of sp³-hybridized carbons (Fsp3) is 0.917. The highest BCUT2D eigenvalue weighted by Crippen LogP contribution is 2.54. The van der Waals surface area contributed by atoms with E-state index in [1.165, 1.54) is 179 Å². The number of hydrogen-bond donors (Lipinski definition) is 1. The van der Waals surface area contributed by atoms with Gasteiger partial charge in [0, 0.05) is 6.42 Å². The second-order valence-electron chi connectivity index (χ2n) is 13.6. The minimum absolute atomic E-state index is 1.20. The number of hydrogen-bond acceptors (Lipinski definition) is 3. The molecule has 0 spiro atoms. The van der Waals surface area contributed by atoms with Crippen LogP contribution in [-0.2, 0) is 23.1 Å². The first-order valence-corrected chi connectivity index (χ1v) is 20.5. The van der Waals surface area contributed by atoms with Gasteiger partial charge in [0.25, 0.3) is 5.82 Å². The lowest BCUT2D eigenvalue weighted by Crippen LogP contribution is -2.63. The minimum atomic E-state index is -7.43. The summed E-state index contributed by atoms with van der Waals surface area (Å²) in [4.78, 5) is 3.50. The van der Waals surface area contributed by atoms with E-state index in [4.69, 9.17) is 0 Å². The Morgan fingerprint density at radius 3 is 1.22 bits per heavy atom. The third-order valence-electron chi connectivity index (χ3n) is 9.05. The highest BCUT2D eigenvalue weighted by atomic mass is 32.2. The molecule has 1 aromatic rings. The van der Waals surface area contributed by atoms with E-state index >= 15 is 0 Å². The Labute approximate surface area is 300 Å². The lowest BCUT2D eigenvalue weighted by atomic mass is 10.0. The fourth-order valence-electron chi connectivity index (χ4n) is 5.77. The molecule has 0 aliphatic heterocycles. The van der Waals surface area contributed by atoms with E-state index < -0.39 is 33.4 Å². The first-order chi connectivity index (χ1) is 23.9. The van der Waals surface area contributed by atoms with E-state index in [2.05, 4.69) is 35.8 Å². The molecule has 1 rings (SSSR count). The van der Waals surface area contributed by atoms with Gasteiger partial charge >= 0.3 is 23.3 Å². The van der Waals surface area contributed by atoms with E-state index in [-0.39, 0.29) is 0 Å². The van der Waals surface area contributed by atoms with Crippen LogP contribution >= 0.6 is 0 Å². The number of aromatic amines is 1. The maximum Gasteiger partial charge on any atom is 0.460 e. The first kappa shape index (κ1) is 49.5. The Hall–Kier alpha value is -1.51. The van der Waals surface area contributed by atoms with Crippen LogP contribution in [0.3, 0.4) is 0 Å². The number of nitrogens with zero attached hydrogens (tertiary/aromatic N) is 1. The number of imidazole rings is 1. The van der Waals surface area contributed by atoms with Crippen LogP contribution in [0.2, 0.25) is 0 Å². The van der Waals surface area contributed by atoms with E-state index in [0.717, 1.165) is 0 Å². The maximum atomic E-state index is 12.2. The molecule has 0 aromatic carbocycles. The molecule has 0 atom stereocenters. The molecule has 0 unspecified atom stereocenters. The standard InChI is InChI=1S/C32H62N2.C4HF9O3S/c1-3-5-7-9-11-13-14-15-16-17-18-19-21-23-25-27-30-34-31-29-33-32(34)28-26-24-22-20-12-10-8-6-4-2;5-1(6,3(9,10)11)2(7,8)4(12,13)17(14,15)16/h29,31H,3-28,30H2,1-2H3;(H,14,15,16). The van der Waals surface area contributed by atoms with E-state index in [0.29, 0.717) is 0 Å². The second kappa shape index (κ2) is 26.3. The van der Waals surface area contributed by atoms with Gasteiger partial charge in [0.05, 0.1) is 6.54 Å². The summed E-state index contributed by atoms with van der Waals surface area (Å²) in [6.07, 6.45) is 34.3. The number of rotatable bonds is 30. The average Bonchev–Trinajstić information content (AvgIpc) is 3.49. The molecule has 5 nitrogen and oxygen atoms in total. The summed E-state index contributed by atoms with van der Waals surface area (Å²) >= 11 is 0. The van der Waals surface area contributed by atoms with Crippen LogP contribution in [0, 0.1) is 0 Å². The Kier molecular flexibility index (Phi) is 25.5. The van der Waals surface area contributed by atoms with E-state index in [9.17, 15) is 52.5 Å². The predicted molar refractivity (Wildman–Crippen MR) is 182 cm³/mol. The molecule has 1 N–H and O–H groups in total. The zero-order valence-electron chi connectivity index (χ0n) is 30.7. The monoisotopic (exact) mass is 774 g/mol. The maximum absolute atomic E-state index is 12.2. The van der Waals surface area contributed by atoms with Crippen LogP contribution in [0.15, 0.2) is 12.4 Å². The van der Waals surface area contributed by atoms with Crippen molar-refractivity contribution in [1.82, 2.24) is 4.98 Å². The smallest absolute Gasteiger partial charge is 0.460 e. The molecule has 0 saturated heterocycles. The highest BCUT2D eigenvalue weighted by molar-refractivity contribution is 7.86. The normalized spacial score (nSPS) is 13.0. The molecule has 1 aromatic heterocycles. The topological polar surface area (TPSA) is 76.9 Å². The Bertz CT molecular complexity index is 1100. The third-order valence-corrected chi connectivity index (χ3v) is 9.94. The Balaban J connectivity index is 0.00000124. The summed E-state index contributed by atoms with van der Waals surface area (Å²) in [5.41, 5.74) is 0. The largest absolute Gasteiger partial charge is 0.743 e. The van der Waals surface area contributed by atoms with Gasteiger partial charge in [-0.2, -0.15) is 39.5 Å². The molecule has 0 aliphatic carbocycles. The van der Waals surface area contributed by atoms with E-state index in [1.54, 1.807) is 0 Å². The lowest BCUT2D eigenvalue weighted by Gasteiger charge is -2.34. The molecule has 51 heavy (non-hydrogen) atoms. The number of H-pyrrole nitrogens is 1. The molecule has 15 heteroatoms. The van der Waals surface area contributed by atoms with Gasteiger partial charge in [-0.1, -0.05) is 155 Å². The van der Waals surface area contributed by atoms with Crippen LogP contribution in [0.5, 0.6) is 0 Å². The fourth-order valence-corrected chi connectivity index (χ4v) is 6.21. The van der Waals surface area contributed by atoms with Crippen molar-refractivity contribution < 1.29 is 57.1 Å². The molecule has 304 valence electrons. The lowest BCUT2D eigenvalue weighted by molar-refractivity contribution is -0.703. The Morgan fingerprint density at radius 2 is 0.882 bits per heavy atom. The van der Waals surface area contributed by atoms with Gasteiger partial charge in [-0.15, -0.1) is 0 Å². The Morgan fingerprint density at radius 1 is 0.549 bits per heavy atom. The minimum Gasteiger partial charge on any atom is -0.743 e. The quantitative estimate of drug-likeness (QED) is 0.0366. The summed E-state index contributed by atoms with van der Waals surface area (Å²) in [5, 5.41) is -7.11.